The molecule has 0 bridgehead atoms. The Hall–Kier alpha value is -3.74. The van der Waals surface area contributed by atoms with Gasteiger partial charge in [-0.1, -0.05) is 0 Å². The molecule has 5 rings (SSSR count). The fourth-order valence-electron chi connectivity index (χ4n) is 3.92. The Morgan fingerprint density at radius 1 is 0.903 bits per heavy atom. The predicted molar refractivity (Wildman–Crippen MR) is 116 cm³/mol. The van der Waals surface area contributed by atoms with Gasteiger partial charge in [0, 0.05) is 40.7 Å². The molecule has 0 N–H and O–H groups in total. The van der Waals surface area contributed by atoms with Gasteiger partial charge in [0.1, 0.15) is 11.3 Å². The van der Waals surface area contributed by atoms with E-state index < -0.39 is 0 Å². The molecule has 0 amide bonds. The quantitative estimate of drug-likeness (QED) is 0.456. The number of rotatable bonds is 5. The Morgan fingerprint density at radius 3 is 2.45 bits per heavy atom. The van der Waals surface area contributed by atoms with Crippen molar-refractivity contribution < 1.29 is 23.4 Å². The summed E-state index contributed by atoms with van der Waals surface area (Å²) < 4.78 is 28.3. The first-order valence-corrected chi connectivity index (χ1v) is 10.0. The van der Waals surface area contributed by atoms with Gasteiger partial charge >= 0.3 is 0 Å². The van der Waals surface area contributed by atoms with Gasteiger partial charge in [-0.05, 0) is 37.1 Å². The van der Waals surface area contributed by atoms with Crippen LogP contribution in [0.1, 0.15) is 12.0 Å². The lowest BCUT2D eigenvalue weighted by Crippen LogP contribution is -2.09. The molecule has 0 unspecified atom stereocenters. The average Bonchev–Trinajstić information content (AvgIpc) is 3.27. The summed E-state index contributed by atoms with van der Waals surface area (Å²) in [4.78, 5) is 8.99. The number of benzene rings is 1. The molecule has 7 heteroatoms. The molecule has 1 aliphatic rings. The molecule has 4 aromatic rings. The van der Waals surface area contributed by atoms with Gasteiger partial charge in [0.15, 0.2) is 17.1 Å². The second-order valence-electron chi connectivity index (χ2n) is 7.24. The molecule has 0 radical (unpaired) electrons. The third-order valence-corrected chi connectivity index (χ3v) is 5.43. The first-order chi connectivity index (χ1) is 15.2. The van der Waals surface area contributed by atoms with Crippen molar-refractivity contribution in [2.75, 3.05) is 27.9 Å². The van der Waals surface area contributed by atoms with Gasteiger partial charge in [-0.25, -0.2) is 4.98 Å². The minimum atomic E-state index is 0.533. The highest BCUT2D eigenvalue weighted by Crippen LogP contribution is 2.43. The normalized spacial score (nSPS) is 12.9. The number of hydrogen-bond acceptors (Lipinski definition) is 7. The van der Waals surface area contributed by atoms with E-state index in [1.165, 1.54) is 0 Å². The molecule has 0 aliphatic carbocycles. The van der Waals surface area contributed by atoms with E-state index in [1.807, 2.05) is 30.5 Å². The molecule has 3 aromatic heterocycles. The molecule has 0 atom stereocenters. The van der Waals surface area contributed by atoms with Crippen LogP contribution in [0.2, 0.25) is 0 Å². The SMILES string of the molecule is COc1cc(-c2cc3nccc(-c4cnc5c(c4)CCCO5)c3o2)cc(OC)c1OC. The van der Waals surface area contributed by atoms with E-state index in [4.69, 9.17) is 23.4 Å². The van der Waals surface area contributed by atoms with E-state index in [0.29, 0.717) is 28.6 Å². The number of furan rings is 1. The summed E-state index contributed by atoms with van der Waals surface area (Å²) in [6.45, 7) is 0.717. The maximum atomic E-state index is 6.28. The molecule has 1 aromatic carbocycles. The second-order valence-corrected chi connectivity index (χ2v) is 7.24. The van der Waals surface area contributed by atoms with Crippen LogP contribution >= 0.6 is 0 Å². The first-order valence-electron chi connectivity index (χ1n) is 10.0. The van der Waals surface area contributed by atoms with Crippen LogP contribution in [0.25, 0.3) is 33.6 Å². The van der Waals surface area contributed by atoms with Gasteiger partial charge in [-0.15, -0.1) is 0 Å². The van der Waals surface area contributed by atoms with Crippen LogP contribution < -0.4 is 18.9 Å². The molecule has 0 saturated carbocycles. The fourth-order valence-corrected chi connectivity index (χ4v) is 3.92. The van der Waals surface area contributed by atoms with E-state index in [0.717, 1.165) is 53.1 Å². The largest absolute Gasteiger partial charge is 0.493 e. The zero-order valence-corrected chi connectivity index (χ0v) is 17.6. The molecule has 158 valence electrons. The number of ether oxygens (including phenoxy) is 4. The number of fused-ring (bicyclic) bond motifs is 2. The van der Waals surface area contributed by atoms with Crippen molar-refractivity contribution in [3.8, 4) is 45.6 Å². The monoisotopic (exact) mass is 418 g/mol. The van der Waals surface area contributed by atoms with Crippen LogP contribution in [0, 0.1) is 0 Å². The van der Waals surface area contributed by atoms with Crippen LogP contribution in [-0.2, 0) is 6.42 Å². The van der Waals surface area contributed by atoms with Gasteiger partial charge in [0.25, 0.3) is 0 Å². The van der Waals surface area contributed by atoms with Gasteiger partial charge in [0.2, 0.25) is 11.6 Å². The highest BCUT2D eigenvalue weighted by atomic mass is 16.5. The van der Waals surface area contributed by atoms with Crippen molar-refractivity contribution in [1.82, 2.24) is 9.97 Å². The molecule has 1 aliphatic heterocycles. The molecular weight excluding hydrogens is 396 g/mol. The van der Waals surface area contributed by atoms with Gasteiger partial charge in [-0.2, -0.15) is 0 Å². The van der Waals surface area contributed by atoms with Crippen molar-refractivity contribution in [2.24, 2.45) is 0 Å². The molecule has 31 heavy (non-hydrogen) atoms. The van der Waals surface area contributed by atoms with Crippen molar-refractivity contribution in [1.29, 1.82) is 0 Å². The summed E-state index contributed by atoms with van der Waals surface area (Å²) in [5.41, 5.74) is 5.28. The lowest BCUT2D eigenvalue weighted by molar-refractivity contribution is 0.276. The number of methoxy groups -OCH3 is 3. The maximum absolute atomic E-state index is 6.28. The molecule has 4 heterocycles. The summed E-state index contributed by atoms with van der Waals surface area (Å²) in [5.74, 6) is 3.03. The zero-order chi connectivity index (χ0) is 21.4. The minimum Gasteiger partial charge on any atom is -0.493 e. The summed E-state index contributed by atoms with van der Waals surface area (Å²) in [5, 5.41) is 0. The smallest absolute Gasteiger partial charge is 0.216 e. The van der Waals surface area contributed by atoms with Crippen molar-refractivity contribution in [2.45, 2.75) is 12.8 Å². The Kier molecular flexibility index (Phi) is 4.86. The topological polar surface area (TPSA) is 75.8 Å². The summed E-state index contributed by atoms with van der Waals surface area (Å²) in [6, 6.07) is 9.69. The number of nitrogens with zero attached hydrogens (tertiary/aromatic N) is 2. The van der Waals surface area contributed by atoms with E-state index in [9.17, 15) is 0 Å². The van der Waals surface area contributed by atoms with Crippen molar-refractivity contribution in [3.63, 3.8) is 0 Å². The highest BCUT2D eigenvalue weighted by Gasteiger charge is 2.19. The van der Waals surface area contributed by atoms with Crippen LogP contribution in [0.4, 0.5) is 0 Å². The maximum Gasteiger partial charge on any atom is 0.216 e. The highest BCUT2D eigenvalue weighted by molar-refractivity contribution is 5.92. The van der Waals surface area contributed by atoms with Gasteiger partial charge in [0.05, 0.1) is 27.9 Å². The Balaban J connectivity index is 1.63. The Morgan fingerprint density at radius 2 is 1.71 bits per heavy atom. The van der Waals surface area contributed by atoms with E-state index in [2.05, 4.69) is 16.0 Å². The third-order valence-electron chi connectivity index (χ3n) is 5.43. The second kappa shape index (κ2) is 7.83. The number of aryl methyl sites for hydroxylation is 1. The molecular formula is C24H22N2O5. The van der Waals surface area contributed by atoms with Crippen LogP contribution in [0.3, 0.4) is 0 Å². The van der Waals surface area contributed by atoms with E-state index in [-0.39, 0.29) is 0 Å². The summed E-state index contributed by atoms with van der Waals surface area (Å²) >= 11 is 0. The number of hydrogen-bond donors (Lipinski definition) is 0. The molecule has 0 spiro atoms. The van der Waals surface area contributed by atoms with Gasteiger partial charge in [-0.3, -0.25) is 4.98 Å². The minimum absolute atomic E-state index is 0.533. The third kappa shape index (κ3) is 3.32. The molecule has 0 fully saturated rings. The zero-order valence-electron chi connectivity index (χ0n) is 17.6. The van der Waals surface area contributed by atoms with Crippen LogP contribution in [-0.4, -0.2) is 37.9 Å². The first kappa shape index (κ1) is 19.2. The van der Waals surface area contributed by atoms with E-state index in [1.54, 1.807) is 27.5 Å². The predicted octanol–water partition coefficient (Wildman–Crippen LogP) is 4.91. The fraction of sp³-hybridized carbons (Fsp3) is 0.250. The lowest BCUT2D eigenvalue weighted by Gasteiger charge is -2.16. The average molecular weight is 418 g/mol. The molecule has 0 saturated heterocycles. The lowest BCUT2D eigenvalue weighted by atomic mass is 10.0. The summed E-state index contributed by atoms with van der Waals surface area (Å²) in [7, 11) is 4.76. The van der Waals surface area contributed by atoms with Crippen molar-refractivity contribution >= 4 is 11.1 Å². The van der Waals surface area contributed by atoms with E-state index >= 15 is 0 Å². The molecule has 7 nitrogen and oxygen atoms in total. The van der Waals surface area contributed by atoms with Crippen LogP contribution in [0.5, 0.6) is 23.1 Å². The summed E-state index contributed by atoms with van der Waals surface area (Å²) in [6.07, 6.45) is 5.55. The van der Waals surface area contributed by atoms with Gasteiger partial charge < -0.3 is 23.4 Å². The van der Waals surface area contributed by atoms with Crippen LogP contribution in [0.15, 0.2) is 47.1 Å². The Labute approximate surface area is 179 Å². The number of aromatic nitrogens is 2. The van der Waals surface area contributed by atoms with Crippen molar-refractivity contribution in [3.05, 3.63) is 48.3 Å². The standard InChI is InChI=1S/C24H22N2O5/c1-27-20-10-15(11-21(28-2)23(20)29-3)19-12-18-22(31-19)17(6-7-25-18)16-9-14-5-4-8-30-24(14)26-13-16/h6-7,9-13H,4-5,8H2,1-3H3. The number of pyridine rings is 2. The Bertz CT molecular complexity index is 1240.